The van der Waals surface area contributed by atoms with Gasteiger partial charge in [-0.1, -0.05) is 30.3 Å². The molecule has 1 N–H and O–H groups in total. The number of rotatable bonds is 6. The van der Waals surface area contributed by atoms with Gasteiger partial charge in [0.2, 0.25) is 0 Å². The molecule has 0 aliphatic rings. The summed E-state index contributed by atoms with van der Waals surface area (Å²) >= 11 is 0. The molecule has 0 bridgehead atoms. The number of hydrogen-bond donors (Lipinski definition) is 1. The van der Waals surface area contributed by atoms with Crippen LogP contribution in [0.5, 0.6) is 5.75 Å². The third kappa shape index (κ3) is 5.19. The first-order valence-electron chi connectivity index (χ1n) is 8.32. The van der Waals surface area contributed by atoms with Crippen molar-refractivity contribution in [3.05, 3.63) is 65.2 Å². The van der Waals surface area contributed by atoms with E-state index in [9.17, 15) is 14.9 Å². The molecule has 2 rings (SSSR count). The minimum absolute atomic E-state index is 0.0501. The van der Waals surface area contributed by atoms with Crippen LogP contribution < -0.4 is 10.1 Å². The van der Waals surface area contributed by atoms with Crippen LogP contribution in [-0.4, -0.2) is 25.1 Å². The summed E-state index contributed by atoms with van der Waals surface area (Å²) in [5, 5.41) is 12.0. The Bertz CT molecular complexity index is 910. The molecule has 0 spiro atoms. The summed E-state index contributed by atoms with van der Waals surface area (Å²) in [6.45, 7) is 3.78. The van der Waals surface area contributed by atoms with Crippen molar-refractivity contribution in [2.75, 3.05) is 12.4 Å². The van der Waals surface area contributed by atoms with Crippen LogP contribution in [-0.2, 0) is 9.53 Å². The molecule has 27 heavy (non-hydrogen) atoms. The van der Waals surface area contributed by atoms with Crippen molar-refractivity contribution < 1.29 is 19.1 Å². The van der Waals surface area contributed by atoms with Gasteiger partial charge in [-0.25, -0.2) is 4.79 Å². The maximum atomic E-state index is 12.5. The third-order valence-electron chi connectivity index (χ3n) is 3.53. The van der Waals surface area contributed by atoms with Crippen molar-refractivity contribution in [1.82, 2.24) is 0 Å². The summed E-state index contributed by atoms with van der Waals surface area (Å²) in [5.41, 5.74) is 0.963. The molecule has 0 aromatic heterocycles. The van der Waals surface area contributed by atoms with Crippen LogP contribution in [0.2, 0.25) is 0 Å². The van der Waals surface area contributed by atoms with Crippen molar-refractivity contribution in [3.8, 4) is 11.8 Å². The SMILES string of the molecule is COC(=O)c1ccccc1NC(=O)/C(C#N)=C/c1ccccc1OC(C)C. The third-order valence-corrected chi connectivity index (χ3v) is 3.53. The Morgan fingerprint density at radius 2 is 1.78 bits per heavy atom. The van der Waals surface area contributed by atoms with Gasteiger partial charge in [0, 0.05) is 5.56 Å². The Kier molecular flexibility index (Phi) is 6.73. The number of methoxy groups -OCH3 is 1. The predicted molar refractivity (Wildman–Crippen MR) is 102 cm³/mol. The van der Waals surface area contributed by atoms with Gasteiger partial charge in [0.1, 0.15) is 17.4 Å². The molecular formula is C21H20N2O4. The summed E-state index contributed by atoms with van der Waals surface area (Å²) in [6, 6.07) is 15.4. The Labute approximate surface area is 158 Å². The molecule has 0 aliphatic carbocycles. The Balaban J connectivity index is 2.32. The maximum absolute atomic E-state index is 12.5. The zero-order valence-corrected chi connectivity index (χ0v) is 15.4. The molecule has 2 aromatic rings. The second-order valence-corrected chi connectivity index (χ2v) is 5.87. The van der Waals surface area contributed by atoms with E-state index < -0.39 is 11.9 Å². The van der Waals surface area contributed by atoms with Gasteiger partial charge in [-0.2, -0.15) is 5.26 Å². The van der Waals surface area contributed by atoms with E-state index in [-0.39, 0.29) is 22.9 Å². The molecule has 0 atom stereocenters. The van der Waals surface area contributed by atoms with Crippen molar-refractivity contribution in [2.45, 2.75) is 20.0 Å². The molecule has 0 heterocycles. The van der Waals surface area contributed by atoms with E-state index >= 15 is 0 Å². The molecule has 6 heteroatoms. The highest BCUT2D eigenvalue weighted by atomic mass is 16.5. The van der Waals surface area contributed by atoms with Crippen LogP contribution in [0, 0.1) is 11.3 Å². The van der Waals surface area contributed by atoms with Crippen molar-refractivity contribution in [1.29, 1.82) is 5.26 Å². The highest BCUT2D eigenvalue weighted by Gasteiger charge is 2.16. The number of benzene rings is 2. The van der Waals surface area contributed by atoms with Gasteiger partial charge in [0.15, 0.2) is 0 Å². The fraction of sp³-hybridized carbons (Fsp3) is 0.190. The van der Waals surface area contributed by atoms with Crippen molar-refractivity contribution >= 4 is 23.6 Å². The lowest BCUT2D eigenvalue weighted by Crippen LogP contribution is -2.16. The second kappa shape index (κ2) is 9.20. The molecule has 2 aromatic carbocycles. The number of anilines is 1. The summed E-state index contributed by atoms with van der Waals surface area (Å²) in [4.78, 5) is 24.4. The minimum Gasteiger partial charge on any atom is -0.490 e. The number of para-hydroxylation sites is 2. The number of carbonyl (C=O) groups excluding carboxylic acids is 2. The van der Waals surface area contributed by atoms with E-state index in [2.05, 4.69) is 5.32 Å². The highest BCUT2D eigenvalue weighted by Crippen LogP contribution is 2.23. The maximum Gasteiger partial charge on any atom is 0.339 e. The van der Waals surface area contributed by atoms with E-state index in [1.807, 2.05) is 26.0 Å². The van der Waals surface area contributed by atoms with Crippen molar-refractivity contribution in [3.63, 3.8) is 0 Å². The lowest BCUT2D eigenvalue weighted by atomic mass is 10.1. The summed E-state index contributed by atoms with van der Waals surface area (Å²) in [5.74, 6) is -0.639. The van der Waals surface area contributed by atoms with Crippen LogP contribution >= 0.6 is 0 Å². The number of nitrogens with zero attached hydrogens (tertiary/aromatic N) is 1. The number of esters is 1. The summed E-state index contributed by atoms with van der Waals surface area (Å²) in [7, 11) is 1.26. The van der Waals surface area contributed by atoms with E-state index in [1.54, 1.807) is 36.4 Å². The van der Waals surface area contributed by atoms with Gasteiger partial charge < -0.3 is 14.8 Å². The lowest BCUT2D eigenvalue weighted by Gasteiger charge is -2.12. The van der Waals surface area contributed by atoms with Gasteiger partial charge in [0.25, 0.3) is 5.91 Å². The number of nitriles is 1. The summed E-state index contributed by atoms with van der Waals surface area (Å²) in [6.07, 6.45) is 1.40. The fourth-order valence-corrected chi connectivity index (χ4v) is 2.33. The van der Waals surface area contributed by atoms with Gasteiger partial charge >= 0.3 is 5.97 Å². The molecule has 1 amide bonds. The van der Waals surface area contributed by atoms with Crippen LogP contribution in [0.15, 0.2) is 54.1 Å². The minimum atomic E-state index is -0.631. The monoisotopic (exact) mass is 364 g/mol. The highest BCUT2D eigenvalue weighted by molar-refractivity contribution is 6.12. The Morgan fingerprint density at radius 3 is 2.44 bits per heavy atom. The molecular weight excluding hydrogens is 344 g/mol. The molecule has 0 unspecified atom stereocenters. The normalized spacial score (nSPS) is 10.9. The molecule has 0 fully saturated rings. The largest absolute Gasteiger partial charge is 0.490 e. The number of nitrogens with one attached hydrogen (secondary N) is 1. The molecule has 0 saturated carbocycles. The first-order valence-corrected chi connectivity index (χ1v) is 8.32. The second-order valence-electron chi connectivity index (χ2n) is 5.87. The standard InChI is InChI=1S/C21H20N2O4/c1-14(2)27-19-11-7-4-8-15(19)12-16(13-22)20(24)23-18-10-6-5-9-17(18)21(25)26-3/h4-12,14H,1-3H3,(H,23,24)/b16-12+. The number of amides is 1. The zero-order chi connectivity index (χ0) is 19.8. The van der Waals surface area contributed by atoms with Gasteiger partial charge in [-0.3, -0.25) is 4.79 Å². The number of ether oxygens (including phenoxy) is 2. The molecule has 0 radical (unpaired) electrons. The molecule has 6 nitrogen and oxygen atoms in total. The van der Waals surface area contributed by atoms with Gasteiger partial charge in [-0.15, -0.1) is 0 Å². The van der Waals surface area contributed by atoms with Crippen LogP contribution in [0.25, 0.3) is 6.08 Å². The van der Waals surface area contributed by atoms with E-state index in [0.717, 1.165) is 0 Å². The van der Waals surface area contributed by atoms with Crippen LogP contribution in [0.3, 0.4) is 0 Å². The smallest absolute Gasteiger partial charge is 0.339 e. The molecule has 0 saturated heterocycles. The Hall–Kier alpha value is -3.59. The fourth-order valence-electron chi connectivity index (χ4n) is 2.33. The van der Waals surface area contributed by atoms with E-state index in [4.69, 9.17) is 9.47 Å². The van der Waals surface area contributed by atoms with Crippen LogP contribution in [0.4, 0.5) is 5.69 Å². The van der Waals surface area contributed by atoms with Gasteiger partial charge in [0.05, 0.1) is 24.5 Å². The average molecular weight is 364 g/mol. The quantitative estimate of drug-likeness (QED) is 0.478. The Morgan fingerprint density at radius 1 is 1.11 bits per heavy atom. The summed E-state index contributed by atoms with van der Waals surface area (Å²) < 4.78 is 10.4. The van der Waals surface area contributed by atoms with Gasteiger partial charge in [-0.05, 0) is 38.1 Å². The van der Waals surface area contributed by atoms with E-state index in [1.165, 1.54) is 19.3 Å². The first kappa shape index (κ1) is 19.7. The average Bonchev–Trinajstić information content (AvgIpc) is 2.66. The molecule has 138 valence electrons. The number of carbonyl (C=O) groups is 2. The lowest BCUT2D eigenvalue weighted by molar-refractivity contribution is -0.112. The van der Waals surface area contributed by atoms with Crippen LogP contribution in [0.1, 0.15) is 29.8 Å². The van der Waals surface area contributed by atoms with E-state index in [0.29, 0.717) is 11.3 Å². The topological polar surface area (TPSA) is 88.4 Å². The van der Waals surface area contributed by atoms with Crippen molar-refractivity contribution in [2.24, 2.45) is 0 Å². The zero-order valence-electron chi connectivity index (χ0n) is 15.4. The first-order chi connectivity index (χ1) is 13.0. The predicted octanol–water partition coefficient (Wildman–Crippen LogP) is 3.81. The molecule has 0 aliphatic heterocycles. The number of hydrogen-bond acceptors (Lipinski definition) is 5.